The predicted octanol–water partition coefficient (Wildman–Crippen LogP) is 8.52. The molecule has 278 valence electrons. The van der Waals surface area contributed by atoms with Crippen molar-refractivity contribution >= 4 is 11.4 Å². The van der Waals surface area contributed by atoms with Gasteiger partial charge in [0.05, 0.1) is 11.7 Å². The van der Waals surface area contributed by atoms with Crippen molar-refractivity contribution in [1.29, 1.82) is 0 Å². The Morgan fingerprint density at radius 3 is 2.08 bits per heavy atom. The van der Waals surface area contributed by atoms with Crippen LogP contribution in [0.4, 0.5) is 15.8 Å². The Hall–Kier alpha value is -4.73. The maximum atomic E-state index is 12.8. The molecule has 2 aromatic heterocycles. The summed E-state index contributed by atoms with van der Waals surface area (Å²) < 4.78 is 17.4. The molecule has 0 N–H and O–H groups in total. The number of aryl methyl sites for hydroxylation is 2. The summed E-state index contributed by atoms with van der Waals surface area (Å²) in [5.41, 5.74) is 6.01. The Kier molecular flexibility index (Phi) is 13.4. The number of halogens is 1. The molecule has 10 heteroatoms. The van der Waals surface area contributed by atoms with Crippen molar-refractivity contribution in [2.24, 2.45) is 11.3 Å². The fraction of sp³-hybridized carbons (Fsp3) is 0.476. The highest BCUT2D eigenvalue weighted by Gasteiger charge is 2.35. The average Bonchev–Trinajstić information content (AvgIpc) is 3.92. The molecule has 0 bridgehead atoms. The maximum Gasteiger partial charge on any atom is 0.350 e. The Morgan fingerprint density at radius 1 is 0.885 bits per heavy atom. The molecular weight excluding hydrogens is 652 g/mol. The zero-order valence-electron chi connectivity index (χ0n) is 32.0. The molecular formula is C42H57FN8O. The third kappa shape index (κ3) is 9.98. The van der Waals surface area contributed by atoms with Gasteiger partial charge < -0.3 is 9.80 Å². The Balaban J connectivity index is 0.000000458. The van der Waals surface area contributed by atoms with Gasteiger partial charge in [0.2, 0.25) is 0 Å². The fourth-order valence-corrected chi connectivity index (χ4v) is 7.41. The lowest BCUT2D eigenvalue weighted by Gasteiger charge is -2.37. The summed E-state index contributed by atoms with van der Waals surface area (Å²) in [7, 11) is 0. The fourth-order valence-electron chi connectivity index (χ4n) is 7.41. The second-order valence-corrected chi connectivity index (χ2v) is 14.5. The zero-order chi connectivity index (χ0) is 37.1. The van der Waals surface area contributed by atoms with Crippen LogP contribution in [0.1, 0.15) is 83.9 Å². The summed E-state index contributed by atoms with van der Waals surface area (Å²) in [6.07, 6.45) is 12.3. The smallest absolute Gasteiger partial charge is 0.350 e. The minimum absolute atomic E-state index is 0.0855. The van der Waals surface area contributed by atoms with E-state index in [-0.39, 0.29) is 17.5 Å². The number of hydrogen-bond acceptors (Lipinski definition) is 6. The molecule has 1 saturated carbocycles. The minimum Gasteiger partial charge on any atom is -0.368 e. The largest absolute Gasteiger partial charge is 0.368 e. The first kappa shape index (κ1) is 38.5. The first-order valence-electron chi connectivity index (χ1n) is 19.1. The van der Waals surface area contributed by atoms with Gasteiger partial charge in [-0.05, 0) is 123 Å². The predicted molar refractivity (Wildman–Crippen MR) is 210 cm³/mol. The van der Waals surface area contributed by atoms with E-state index in [0.29, 0.717) is 5.41 Å². The minimum atomic E-state index is -0.162. The van der Waals surface area contributed by atoms with Gasteiger partial charge >= 0.3 is 5.69 Å². The van der Waals surface area contributed by atoms with Crippen LogP contribution in [0.2, 0.25) is 0 Å². The third-order valence-corrected chi connectivity index (χ3v) is 10.5. The highest BCUT2D eigenvalue weighted by atomic mass is 19.1. The van der Waals surface area contributed by atoms with Crippen LogP contribution >= 0.6 is 0 Å². The van der Waals surface area contributed by atoms with E-state index in [1.807, 2.05) is 56.9 Å². The number of aromatic nitrogens is 6. The molecule has 7 rings (SSSR count). The van der Waals surface area contributed by atoms with E-state index in [4.69, 9.17) is 0 Å². The number of anilines is 2. The van der Waals surface area contributed by atoms with Crippen molar-refractivity contribution in [2.75, 3.05) is 36.0 Å². The molecule has 1 aliphatic heterocycles. The molecule has 52 heavy (non-hydrogen) atoms. The molecule has 3 heterocycles. The molecule has 5 aromatic rings. The van der Waals surface area contributed by atoms with Gasteiger partial charge in [-0.25, -0.2) is 23.4 Å². The molecule has 0 radical (unpaired) electrons. The van der Waals surface area contributed by atoms with Crippen molar-refractivity contribution in [3.05, 3.63) is 119 Å². The normalized spacial score (nSPS) is 19.0. The van der Waals surface area contributed by atoms with Crippen LogP contribution in [0.3, 0.4) is 0 Å². The van der Waals surface area contributed by atoms with Crippen LogP contribution in [-0.4, -0.2) is 55.3 Å². The second kappa shape index (κ2) is 18.2. The van der Waals surface area contributed by atoms with Gasteiger partial charge in [0, 0.05) is 44.1 Å². The number of hydrogen-bond donors (Lipinski definition) is 0. The van der Waals surface area contributed by atoms with E-state index in [9.17, 15) is 9.18 Å². The lowest BCUT2D eigenvalue weighted by atomic mass is 9.86. The first-order valence-corrected chi connectivity index (χ1v) is 19.1. The molecule has 1 aliphatic carbocycles. The highest BCUT2D eigenvalue weighted by molar-refractivity contribution is 5.54. The van der Waals surface area contributed by atoms with E-state index in [0.717, 1.165) is 62.7 Å². The summed E-state index contributed by atoms with van der Waals surface area (Å²) in [6, 6.07) is 24.1. The third-order valence-electron chi connectivity index (χ3n) is 10.5. The topological polar surface area (TPSA) is 77.0 Å². The molecule has 0 amide bonds. The molecule has 2 aliphatic rings. The van der Waals surface area contributed by atoms with Crippen molar-refractivity contribution < 1.29 is 4.39 Å². The SMILES string of the molecule is CC.CCC(C)n1ncn(-c2ccc(N3CCN(c4ccc(CCC5CC[C@](C)(Cn6cncn6)C5)cc4)CC3)cc2)c1=O.Cc1cccc(F)c1. The van der Waals surface area contributed by atoms with Crippen molar-refractivity contribution in [3.63, 3.8) is 0 Å². The zero-order valence-corrected chi connectivity index (χ0v) is 32.0. The van der Waals surface area contributed by atoms with Crippen LogP contribution < -0.4 is 15.5 Å². The lowest BCUT2D eigenvalue weighted by Crippen LogP contribution is -2.46. The number of benzene rings is 3. The molecule has 3 aromatic carbocycles. The Morgan fingerprint density at radius 2 is 1.52 bits per heavy atom. The van der Waals surface area contributed by atoms with Gasteiger partial charge in [-0.3, -0.25) is 4.68 Å². The average molecular weight is 709 g/mol. The van der Waals surface area contributed by atoms with Crippen molar-refractivity contribution in [2.45, 2.75) is 92.7 Å². The van der Waals surface area contributed by atoms with E-state index in [1.165, 1.54) is 54.8 Å². The Bertz CT molecular complexity index is 1820. The standard InChI is InChI=1S/C33H44N8O.C7H7F.C2H6/c1-4-26(2)41-32(42)40(25-36-41)31-13-11-30(12-14-31)38-19-17-37(18-20-38)29-9-7-27(8-10-29)5-6-28-15-16-33(3,21-28)22-39-24-34-23-35-39;1-6-3-2-4-7(8)5-6;1-2/h7-14,23-26,28H,4-6,15-22H2,1-3H3;2-5H,1H3;1-2H3/t26?,28?,33-;;/m0../s1. The molecule has 9 nitrogen and oxygen atoms in total. The van der Waals surface area contributed by atoms with Crippen LogP contribution in [0.15, 0.2) is 96.6 Å². The molecule has 1 saturated heterocycles. The van der Waals surface area contributed by atoms with E-state index in [1.54, 1.807) is 28.0 Å². The quantitative estimate of drug-likeness (QED) is 0.145. The maximum absolute atomic E-state index is 12.8. The molecule has 0 spiro atoms. The molecule has 2 fully saturated rings. The van der Waals surface area contributed by atoms with Gasteiger partial charge in [-0.1, -0.05) is 52.0 Å². The van der Waals surface area contributed by atoms with Crippen LogP contribution in [0.25, 0.3) is 5.69 Å². The van der Waals surface area contributed by atoms with Gasteiger partial charge in [-0.15, -0.1) is 0 Å². The van der Waals surface area contributed by atoms with E-state index >= 15 is 0 Å². The Labute approximate surface area is 309 Å². The summed E-state index contributed by atoms with van der Waals surface area (Å²) >= 11 is 0. The van der Waals surface area contributed by atoms with Crippen LogP contribution in [-0.2, 0) is 13.0 Å². The number of nitrogens with zero attached hydrogens (tertiary/aromatic N) is 8. The summed E-state index contributed by atoms with van der Waals surface area (Å²) in [5, 5.41) is 8.63. The van der Waals surface area contributed by atoms with Gasteiger partial charge in [0.15, 0.2) is 0 Å². The van der Waals surface area contributed by atoms with E-state index < -0.39 is 0 Å². The summed E-state index contributed by atoms with van der Waals surface area (Å²) in [6.45, 7) is 17.3. The van der Waals surface area contributed by atoms with Gasteiger partial charge in [0.25, 0.3) is 0 Å². The van der Waals surface area contributed by atoms with Crippen LogP contribution in [0, 0.1) is 24.1 Å². The monoisotopic (exact) mass is 708 g/mol. The number of rotatable bonds is 10. The highest BCUT2D eigenvalue weighted by Crippen LogP contribution is 2.44. The summed E-state index contributed by atoms with van der Waals surface area (Å²) in [5.74, 6) is 0.633. The number of piperazine rings is 1. The lowest BCUT2D eigenvalue weighted by molar-refractivity contribution is 0.254. The van der Waals surface area contributed by atoms with Crippen LogP contribution in [0.5, 0.6) is 0 Å². The second-order valence-electron chi connectivity index (χ2n) is 14.5. The van der Waals surface area contributed by atoms with Gasteiger partial charge in [0.1, 0.15) is 24.8 Å². The van der Waals surface area contributed by atoms with Gasteiger partial charge in [-0.2, -0.15) is 10.2 Å². The van der Waals surface area contributed by atoms with E-state index in [2.05, 4.69) is 75.2 Å². The molecule has 3 atom stereocenters. The summed E-state index contributed by atoms with van der Waals surface area (Å²) in [4.78, 5) is 21.8. The van der Waals surface area contributed by atoms with Crippen molar-refractivity contribution in [1.82, 2.24) is 29.1 Å². The van der Waals surface area contributed by atoms with Crippen molar-refractivity contribution in [3.8, 4) is 5.69 Å². The molecule has 2 unspecified atom stereocenters. The first-order chi connectivity index (χ1) is 25.2.